The van der Waals surface area contributed by atoms with Crippen LogP contribution in [0.15, 0.2) is 36.7 Å². The number of aromatic nitrogens is 1. The normalized spacial score (nSPS) is 13.1. The van der Waals surface area contributed by atoms with E-state index in [1.54, 1.807) is 30.5 Å². The number of ketones is 1. The van der Waals surface area contributed by atoms with Crippen LogP contribution >= 0.6 is 11.6 Å². The Kier molecular flexibility index (Phi) is 3.09. The van der Waals surface area contributed by atoms with Crippen molar-refractivity contribution in [2.75, 3.05) is 13.2 Å². The molecule has 1 aliphatic rings. The van der Waals surface area contributed by atoms with Crippen LogP contribution in [0.5, 0.6) is 11.5 Å². The maximum atomic E-state index is 12.3. The van der Waals surface area contributed by atoms with Gasteiger partial charge in [0.25, 0.3) is 0 Å². The Morgan fingerprint density at radius 2 is 1.95 bits per heavy atom. The number of pyridine rings is 1. The van der Waals surface area contributed by atoms with Crippen molar-refractivity contribution in [3.05, 3.63) is 52.8 Å². The van der Waals surface area contributed by atoms with Gasteiger partial charge in [-0.2, -0.15) is 0 Å². The minimum Gasteiger partial charge on any atom is -0.486 e. The molecule has 0 unspecified atom stereocenters. The van der Waals surface area contributed by atoms with Gasteiger partial charge in [0.05, 0.1) is 5.02 Å². The van der Waals surface area contributed by atoms with Gasteiger partial charge in [0.2, 0.25) is 0 Å². The number of benzene rings is 1. The third-order valence-electron chi connectivity index (χ3n) is 2.80. The number of fused-ring (bicyclic) bond motifs is 1. The molecule has 1 aromatic carbocycles. The second-order valence-electron chi connectivity index (χ2n) is 4.05. The van der Waals surface area contributed by atoms with Crippen molar-refractivity contribution < 1.29 is 14.3 Å². The minimum atomic E-state index is -0.185. The van der Waals surface area contributed by atoms with E-state index in [-0.39, 0.29) is 5.78 Å². The summed E-state index contributed by atoms with van der Waals surface area (Å²) in [6, 6.07) is 6.63. The molecule has 2 heterocycles. The predicted molar refractivity (Wildman–Crippen MR) is 70.1 cm³/mol. The Labute approximate surface area is 114 Å². The van der Waals surface area contributed by atoms with Crippen molar-refractivity contribution in [1.82, 2.24) is 4.98 Å². The first-order valence-corrected chi connectivity index (χ1v) is 6.17. The lowest BCUT2D eigenvalue weighted by Crippen LogP contribution is -2.16. The van der Waals surface area contributed by atoms with Crippen LogP contribution in [-0.2, 0) is 0 Å². The maximum absolute atomic E-state index is 12.3. The van der Waals surface area contributed by atoms with Crippen LogP contribution in [0.4, 0.5) is 0 Å². The maximum Gasteiger partial charge on any atom is 0.196 e. The molecule has 0 saturated carbocycles. The summed E-state index contributed by atoms with van der Waals surface area (Å²) in [5, 5.41) is 0.345. The van der Waals surface area contributed by atoms with E-state index in [4.69, 9.17) is 21.1 Å². The average Bonchev–Trinajstić information content (AvgIpc) is 2.47. The van der Waals surface area contributed by atoms with E-state index in [1.165, 1.54) is 6.20 Å². The number of halogens is 1. The van der Waals surface area contributed by atoms with Gasteiger partial charge in [-0.3, -0.25) is 9.78 Å². The van der Waals surface area contributed by atoms with Crippen LogP contribution in [0.1, 0.15) is 15.9 Å². The van der Waals surface area contributed by atoms with Gasteiger partial charge in [0.1, 0.15) is 13.2 Å². The zero-order valence-corrected chi connectivity index (χ0v) is 10.7. The number of ether oxygens (including phenoxy) is 2. The van der Waals surface area contributed by atoms with Crippen molar-refractivity contribution in [2.24, 2.45) is 0 Å². The van der Waals surface area contributed by atoms with E-state index in [9.17, 15) is 4.79 Å². The van der Waals surface area contributed by atoms with Gasteiger partial charge in [0, 0.05) is 29.6 Å². The van der Waals surface area contributed by atoms with E-state index in [2.05, 4.69) is 4.98 Å². The molecular formula is C14H10ClNO3. The highest BCUT2D eigenvalue weighted by molar-refractivity contribution is 6.35. The highest BCUT2D eigenvalue weighted by Crippen LogP contribution is 2.36. The molecule has 5 heteroatoms. The molecule has 0 saturated heterocycles. The molecule has 0 N–H and O–H groups in total. The molecule has 0 amide bonds. The molecule has 19 heavy (non-hydrogen) atoms. The standard InChI is InChI=1S/C14H10ClNO3/c15-11-7-13-12(18-4-5-19-13)6-10(11)14(17)9-2-1-3-16-8-9/h1-3,6-8H,4-5H2. The third-order valence-corrected chi connectivity index (χ3v) is 3.11. The topological polar surface area (TPSA) is 48.4 Å². The summed E-state index contributed by atoms with van der Waals surface area (Å²) in [7, 11) is 0. The van der Waals surface area contributed by atoms with Crippen molar-refractivity contribution >= 4 is 17.4 Å². The monoisotopic (exact) mass is 275 g/mol. The van der Waals surface area contributed by atoms with Crippen LogP contribution in [0.2, 0.25) is 5.02 Å². The molecule has 0 atom stereocenters. The average molecular weight is 276 g/mol. The second-order valence-corrected chi connectivity index (χ2v) is 4.45. The van der Waals surface area contributed by atoms with E-state index in [1.807, 2.05) is 0 Å². The Balaban J connectivity index is 2.03. The van der Waals surface area contributed by atoms with Gasteiger partial charge in [-0.25, -0.2) is 0 Å². The largest absolute Gasteiger partial charge is 0.486 e. The Bertz CT molecular complexity index is 628. The van der Waals surface area contributed by atoms with Gasteiger partial charge >= 0.3 is 0 Å². The van der Waals surface area contributed by atoms with Crippen LogP contribution in [0, 0.1) is 0 Å². The molecule has 0 bridgehead atoms. The van der Waals surface area contributed by atoms with Crippen LogP contribution in [0.3, 0.4) is 0 Å². The molecule has 3 rings (SSSR count). The third kappa shape index (κ3) is 2.27. The van der Waals surface area contributed by atoms with Gasteiger partial charge in [0.15, 0.2) is 17.3 Å². The Hall–Kier alpha value is -2.07. The predicted octanol–water partition coefficient (Wildman–Crippen LogP) is 2.74. The van der Waals surface area contributed by atoms with Crippen molar-refractivity contribution in [1.29, 1.82) is 0 Å². The number of rotatable bonds is 2. The fourth-order valence-corrected chi connectivity index (χ4v) is 2.13. The summed E-state index contributed by atoms with van der Waals surface area (Å²) in [6.45, 7) is 0.953. The van der Waals surface area contributed by atoms with Crippen molar-refractivity contribution in [2.45, 2.75) is 0 Å². The molecule has 2 aromatic rings. The summed E-state index contributed by atoms with van der Waals surface area (Å²) in [5.41, 5.74) is 0.875. The molecule has 0 fully saturated rings. The van der Waals surface area contributed by atoms with E-state index >= 15 is 0 Å². The highest BCUT2D eigenvalue weighted by Gasteiger charge is 2.19. The highest BCUT2D eigenvalue weighted by atomic mass is 35.5. The number of carbonyl (C=O) groups excluding carboxylic acids is 1. The summed E-state index contributed by atoms with van der Waals surface area (Å²) in [5.74, 6) is 0.928. The summed E-state index contributed by atoms with van der Waals surface area (Å²) in [6.07, 6.45) is 3.12. The Morgan fingerprint density at radius 3 is 2.63 bits per heavy atom. The van der Waals surface area contributed by atoms with Crippen LogP contribution in [0.25, 0.3) is 0 Å². The molecule has 96 valence electrons. The summed E-state index contributed by atoms with van der Waals surface area (Å²) >= 11 is 6.13. The smallest absolute Gasteiger partial charge is 0.196 e. The number of hydrogen-bond donors (Lipinski definition) is 0. The van der Waals surface area contributed by atoms with Crippen molar-refractivity contribution in [3.63, 3.8) is 0 Å². The first kappa shape index (κ1) is 12.0. The lowest BCUT2D eigenvalue weighted by molar-refractivity contribution is 0.103. The minimum absolute atomic E-state index is 0.185. The van der Waals surface area contributed by atoms with E-state index in [0.29, 0.717) is 40.9 Å². The molecular weight excluding hydrogens is 266 g/mol. The summed E-state index contributed by atoms with van der Waals surface area (Å²) < 4.78 is 10.9. The molecule has 0 radical (unpaired) electrons. The fourth-order valence-electron chi connectivity index (χ4n) is 1.89. The molecule has 1 aromatic heterocycles. The number of nitrogens with zero attached hydrogens (tertiary/aromatic N) is 1. The number of carbonyl (C=O) groups is 1. The molecule has 4 nitrogen and oxygen atoms in total. The quantitative estimate of drug-likeness (QED) is 0.791. The van der Waals surface area contributed by atoms with Crippen LogP contribution in [-0.4, -0.2) is 24.0 Å². The Morgan fingerprint density at radius 1 is 1.21 bits per heavy atom. The summed E-state index contributed by atoms with van der Waals surface area (Å²) in [4.78, 5) is 16.3. The first-order chi connectivity index (χ1) is 9.25. The van der Waals surface area contributed by atoms with Gasteiger partial charge in [-0.15, -0.1) is 0 Å². The number of hydrogen-bond acceptors (Lipinski definition) is 4. The van der Waals surface area contributed by atoms with Crippen LogP contribution < -0.4 is 9.47 Å². The van der Waals surface area contributed by atoms with E-state index in [0.717, 1.165) is 0 Å². The SMILES string of the molecule is O=C(c1cccnc1)c1cc2c(cc1Cl)OCCO2. The van der Waals surface area contributed by atoms with E-state index < -0.39 is 0 Å². The molecule has 0 aliphatic carbocycles. The second kappa shape index (κ2) is 4.90. The zero-order valence-electron chi connectivity index (χ0n) is 9.93. The van der Waals surface area contributed by atoms with Gasteiger partial charge in [-0.05, 0) is 18.2 Å². The van der Waals surface area contributed by atoms with Gasteiger partial charge < -0.3 is 9.47 Å². The molecule has 0 spiro atoms. The zero-order chi connectivity index (χ0) is 13.2. The fraction of sp³-hybridized carbons (Fsp3) is 0.143. The lowest BCUT2D eigenvalue weighted by Gasteiger charge is -2.19. The first-order valence-electron chi connectivity index (χ1n) is 5.79. The van der Waals surface area contributed by atoms with Gasteiger partial charge in [-0.1, -0.05) is 11.6 Å². The lowest BCUT2D eigenvalue weighted by atomic mass is 10.0. The molecule has 1 aliphatic heterocycles. The van der Waals surface area contributed by atoms with Crippen molar-refractivity contribution in [3.8, 4) is 11.5 Å².